The van der Waals surface area contributed by atoms with E-state index in [1.165, 1.54) is 4.90 Å². The molecule has 0 spiro atoms. The summed E-state index contributed by atoms with van der Waals surface area (Å²) < 4.78 is 5.71. The second-order valence-electron chi connectivity index (χ2n) is 8.06. The normalized spacial score (nSPS) is 18.9. The number of nitrogens with one attached hydrogen (secondary N) is 1. The Balaban J connectivity index is 1.65. The average molecular weight is 430 g/mol. The number of rotatable bonds is 9. The van der Waals surface area contributed by atoms with Crippen LogP contribution in [0.4, 0.5) is 4.79 Å². The van der Waals surface area contributed by atoms with Gasteiger partial charge in [-0.15, -0.1) is 0 Å². The molecule has 1 aliphatic rings. The van der Waals surface area contributed by atoms with Gasteiger partial charge < -0.3 is 10.1 Å². The number of imide groups is 1. The summed E-state index contributed by atoms with van der Waals surface area (Å²) >= 11 is 5.88. The summed E-state index contributed by atoms with van der Waals surface area (Å²) in [6.45, 7) is 5.28. The molecule has 0 bridgehead atoms. The van der Waals surface area contributed by atoms with Gasteiger partial charge in [-0.2, -0.15) is 0 Å². The van der Waals surface area contributed by atoms with Gasteiger partial charge in [0.15, 0.2) is 0 Å². The zero-order valence-corrected chi connectivity index (χ0v) is 18.4. The summed E-state index contributed by atoms with van der Waals surface area (Å²) in [6, 6.07) is 16.3. The van der Waals surface area contributed by atoms with Crippen LogP contribution >= 0.6 is 11.6 Å². The highest BCUT2D eigenvalue weighted by molar-refractivity contribution is 6.30. The number of urea groups is 1. The molecule has 2 aromatic rings. The van der Waals surface area contributed by atoms with Crippen LogP contribution in [0.25, 0.3) is 0 Å². The Labute approximate surface area is 182 Å². The first-order valence-electron chi connectivity index (χ1n) is 10.1. The van der Waals surface area contributed by atoms with E-state index in [0.717, 1.165) is 11.3 Å². The van der Waals surface area contributed by atoms with Crippen molar-refractivity contribution in [1.29, 1.82) is 0 Å². The highest BCUT2D eigenvalue weighted by Gasteiger charge is 2.52. The maximum absolute atomic E-state index is 13.4. The minimum atomic E-state index is -1.02. The number of amides is 3. The molecule has 0 unspecified atom stereocenters. The van der Waals surface area contributed by atoms with Crippen molar-refractivity contribution in [3.05, 3.63) is 65.2 Å². The standard InChI is InChI=1S/C23H28ClN3O3/c1-17(2)15-23(18-7-5-4-6-8-18)21(28)27(22(29)25-23)16-26(3)13-14-30-20-11-9-19(24)10-12-20/h4-12,17H,13-16H2,1-3H3,(H,25,29)/t23-/m1/s1. The van der Waals surface area contributed by atoms with Crippen LogP contribution < -0.4 is 10.1 Å². The number of carbonyl (C=O) groups excluding carboxylic acids is 2. The number of nitrogens with zero attached hydrogens (tertiary/aromatic N) is 2. The number of ether oxygens (including phenoxy) is 1. The van der Waals surface area contributed by atoms with E-state index in [1.54, 1.807) is 24.3 Å². The first kappa shape index (κ1) is 22.1. The van der Waals surface area contributed by atoms with E-state index in [2.05, 4.69) is 5.32 Å². The van der Waals surface area contributed by atoms with Crippen molar-refractivity contribution in [3.63, 3.8) is 0 Å². The van der Waals surface area contributed by atoms with Crippen molar-refractivity contribution < 1.29 is 14.3 Å². The monoisotopic (exact) mass is 429 g/mol. The van der Waals surface area contributed by atoms with Crippen molar-refractivity contribution in [2.24, 2.45) is 5.92 Å². The van der Waals surface area contributed by atoms with Crippen LogP contribution in [0.3, 0.4) is 0 Å². The van der Waals surface area contributed by atoms with E-state index in [-0.39, 0.29) is 24.5 Å². The number of hydrogen-bond donors (Lipinski definition) is 1. The molecule has 3 rings (SSSR count). The fourth-order valence-corrected chi connectivity index (χ4v) is 3.83. The van der Waals surface area contributed by atoms with Crippen LogP contribution in [0.2, 0.25) is 5.02 Å². The Hall–Kier alpha value is -2.57. The smallest absolute Gasteiger partial charge is 0.326 e. The van der Waals surface area contributed by atoms with Crippen LogP contribution in [-0.4, -0.2) is 48.6 Å². The third kappa shape index (κ3) is 4.94. The quantitative estimate of drug-likeness (QED) is 0.609. The SMILES string of the molecule is CC(C)C[C@]1(c2ccccc2)NC(=O)N(CN(C)CCOc2ccc(Cl)cc2)C1=O. The van der Waals surface area contributed by atoms with Gasteiger partial charge in [0.2, 0.25) is 0 Å². The zero-order valence-electron chi connectivity index (χ0n) is 17.6. The average Bonchev–Trinajstić information content (AvgIpc) is 2.94. The molecule has 1 aliphatic heterocycles. The van der Waals surface area contributed by atoms with Gasteiger partial charge in [-0.25, -0.2) is 9.69 Å². The lowest BCUT2D eigenvalue weighted by Crippen LogP contribution is -2.46. The number of hydrogen-bond acceptors (Lipinski definition) is 4. The summed E-state index contributed by atoms with van der Waals surface area (Å²) in [5, 5.41) is 3.63. The molecule has 1 fully saturated rings. The lowest BCUT2D eigenvalue weighted by molar-refractivity contribution is -0.133. The highest BCUT2D eigenvalue weighted by atomic mass is 35.5. The predicted molar refractivity (Wildman–Crippen MR) is 117 cm³/mol. The van der Waals surface area contributed by atoms with Crippen LogP contribution in [0, 0.1) is 5.92 Å². The van der Waals surface area contributed by atoms with E-state index in [1.807, 2.05) is 56.1 Å². The van der Waals surface area contributed by atoms with E-state index in [9.17, 15) is 9.59 Å². The number of likely N-dealkylation sites (N-methyl/N-ethyl adjacent to an activating group) is 1. The number of halogens is 1. The van der Waals surface area contributed by atoms with Crippen molar-refractivity contribution in [1.82, 2.24) is 15.1 Å². The summed E-state index contributed by atoms with van der Waals surface area (Å²) in [5.74, 6) is 0.751. The lowest BCUT2D eigenvalue weighted by Gasteiger charge is -2.29. The molecule has 0 saturated carbocycles. The Bertz CT molecular complexity index is 873. The molecule has 2 aromatic carbocycles. The Kier molecular flexibility index (Phi) is 7.00. The summed E-state index contributed by atoms with van der Waals surface area (Å²) in [6.07, 6.45) is 0.543. The van der Waals surface area contributed by atoms with Gasteiger partial charge >= 0.3 is 6.03 Å². The van der Waals surface area contributed by atoms with Crippen molar-refractivity contribution in [2.75, 3.05) is 26.9 Å². The van der Waals surface area contributed by atoms with Gasteiger partial charge in [0.05, 0.1) is 6.67 Å². The predicted octanol–water partition coefficient (Wildman–Crippen LogP) is 4.10. The van der Waals surface area contributed by atoms with Crippen molar-refractivity contribution >= 4 is 23.5 Å². The van der Waals surface area contributed by atoms with Gasteiger partial charge in [-0.3, -0.25) is 9.69 Å². The first-order valence-corrected chi connectivity index (χ1v) is 10.5. The zero-order chi connectivity index (χ0) is 21.7. The Morgan fingerprint density at radius 3 is 2.40 bits per heavy atom. The second kappa shape index (κ2) is 9.49. The molecular weight excluding hydrogens is 402 g/mol. The second-order valence-corrected chi connectivity index (χ2v) is 8.49. The molecule has 160 valence electrons. The fourth-order valence-electron chi connectivity index (χ4n) is 3.70. The topological polar surface area (TPSA) is 61.9 Å². The third-order valence-corrected chi connectivity index (χ3v) is 5.35. The molecule has 3 amide bonds. The molecule has 7 heteroatoms. The van der Waals surface area contributed by atoms with Crippen LogP contribution in [-0.2, 0) is 10.3 Å². The van der Waals surface area contributed by atoms with Gasteiger partial charge in [0.25, 0.3) is 5.91 Å². The van der Waals surface area contributed by atoms with Gasteiger partial charge in [-0.05, 0) is 49.2 Å². The Morgan fingerprint density at radius 2 is 1.77 bits per heavy atom. The summed E-state index contributed by atoms with van der Waals surface area (Å²) in [5.41, 5.74) is -0.207. The molecule has 0 aliphatic carbocycles. The van der Waals surface area contributed by atoms with Crippen molar-refractivity contribution in [2.45, 2.75) is 25.8 Å². The minimum absolute atomic E-state index is 0.196. The van der Waals surface area contributed by atoms with E-state index in [0.29, 0.717) is 24.6 Å². The van der Waals surface area contributed by atoms with Gasteiger partial charge in [0.1, 0.15) is 17.9 Å². The molecule has 1 saturated heterocycles. The Morgan fingerprint density at radius 1 is 1.10 bits per heavy atom. The van der Waals surface area contributed by atoms with E-state index in [4.69, 9.17) is 16.3 Å². The maximum atomic E-state index is 13.4. The molecule has 1 atom stereocenters. The molecule has 0 aromatic heterocycles. The van der Waals surface area contributed by atoms with E-state index < -0.39 is 5.54 Å². The molecule has 30 heavy (non-hydrogen) atoms. The van der Waals surface area contributed by atoms with Crippen LogP contribution in [0.15, 0.2) is 54.6 Å². The maximum Gasteiger partial charge on any atom is 0.326 e. The lowest BCUT2D eigenvalue weighted by atomic mass is 9.82. The minimum Gasteiger partial charge on any atom is -0.492 e. The van der Waals surface area contributed by atoms with Crippen LogP contribution in [0.1, 0.15) is 25.8 Å². The largest absolute Gasteiger partial charge is 0.492 e. The third-order valence-electron chi connectivity index (χ3n) is 5.09. The molecule has 0 radical (unpaired) electrons. The van der Waals surface area contributed by atoms with Gasteiger partial charge in [-0.1, -0.05) is 55.8 Å². The molecule has 1 heterocycles. The molecule has 1 N–H and O–H groups in total. The van der Waals surface area contributed by atoms with Crippen molar-refractivity contribution in [3.8, 4) is 5.75 Å². The number of carbonyl (C=O) groups is 2. The fraction of sp³-hybridized carbons (Fsp3) is 0.391. The van der Waals surface area contributed by atoms with Crippen LogP contribution in [0.5, 0.6) is 5.75 Å². The van der Waals surface area contributed by atoms with Gasteiger partial charge in [0, 0.05) is 11.6 Å². The summed E-state index contributed by atoms with van der Waals surface area (Å²) in [4.78, 5) is 29.3. The molecule has 6 nitrogen and oxygen atoms in total. The van der Waals surface area contributed by atoms with E-state index >= 15 is 0 Å². The first-order chi connectivity index (χ1) is 14.3. The number of benzene rings is 2. The highest BCUT2D eigenvalue weighted by Crippen LogP contribution is 2.35. The summed E-state index contributed by atoms with van der Waals surface area (Å²) in [7, 11) is 1.86. The molecular formula is C23H28ClN3O3.